The van der Waals surface area contributed by atoms with Crippen molar-refractivity contribution in [2.24, 2.45) is 4.99 Å². The summed E-state index contributed by atoms with van der Waals surface area (Å²) in [5.74, 6) is 1.13. The lowest BCUT2D eigenvalue weighted by molar-refractivity contribution is -0.0850. The molecule has 74 valence electrons. The van der Waals surface area contributed by atoms with Gasteiger partial charge in [-0.3, -0.25) is 4.99 Å². The van der Waals surface area contributed by atoms with Gasteiger partial charge in [-0.25, -0.2) is 0 Å². The molecule has 1 saturated heterocycles. The zero-order valence-corrected chi connectivity index (χ0v) is 7.79. The van der Waals surface area contributed by atoms with Crippen LogP contribution in [0.15, 0.2) is 4.99 Å². The van der Waals surface area contributed by atoms with Crippen LogP contribution in [-0.4, -0.2) is 44.8 Å². The smallest absolute Gasteiger partial charge is 0.0981 e. The first-order valence-corrected chi connectivity index (χ1v) is 4.92. The van der Waals surface area contributed by atoms with Gasteiger partial charge in [-0.15, -0.1) is 0 Å². The van der Waals surface area contributed by atoms with E-state index in [2.05, 4.69) is 10.3 Å². The summed E-state index contributed by atoms with van der Waals surface area (Å²) in [6, 6.07) is 0. The van der Waals surface area contributed by atoms with Crippen molar-refractivity contribution in [1.29, 1.82) is 0 Å². The maximum Gasteiger partial charge on any atom is 0.0981 e. The number of nitrogens with one attached hydrogen (secondary N) is 1. The van der Waals surface area contributed by atoms with Crippen LogP contribution in [0.2, 0.25) is 0 Å². The zero-order valence-electron chi connectivity index (χ0n) is 7.79. The van der Waals surface area contributed by atoms with E-state index in [4.69, 9.17) is 9.47 Å². The van der Waals surface area contributed by atoms with Gasteiger partial charge in [0.05, 0.1) is 31.8 Å². The molecule has 0 saturated carbocycles. The average Bonchev–Trinajstić information content (AvgIpc) is 2.69. The third-order valence-electron chi connectivity index (χ3n) is 2.29. The van der Waals surface area contributed by atoms with Crippen molar-refractivity contribution < 1.29 is 9.47 Å². The molecule has 0 bridgehead atoms. The van der Waals surface area contributed by atoms with Crippen LogP contribution in [0.1, 0.15) is 12.8 Å². The maximum absolute atomic E-state index is 5.50. The molecular weight excluding hydrogens is 168 g/mol. The normalized spacial score (nSPS) is 28.6. The Labute approximate surface area is 78.3 Å². The number of rotatable bonds is 2. The van der Waals surface area contributed by atoms with Crippen LogP contribution in [0, 0.1) is 0 Å². The Morgan fingerprint density at radius 3 is 3.15 bits per heavy atom. The largest absolute Gasteiger partial charge is 0.376 e. The molecular formula is C9H16N2O2. The van der Waals surface area contributed by atoms with E-state index in [1.165, 1.54) is 6.42 Å². The van der Waals surface area contributed by atoms with E-state index < -0.39 is 0 Å². The first-order valence-electron chi connectivity index (χ1n) is 4.92. The summed E-state index contributed by atoms with van der Waals surface area (Å²) in [4.78, 5) is 4.33. The molecule has 0 aliphatic carbocycles. The molecule has 2 aliphatic heterocycles. The predicted octanol–water partition coefficient (Wildman–Crippen LogP) is 0.184. The topological polar surface area (TPSA) is 42.9 Å². The highest BCUT2D eigenvalue weighted by atomic mass is 16.6. The zero-order chi connectivity index (χ0) is 8.93. The van der Waals surface area contributed by atoms with Crippen LogP contribution >= 0.6 is 0 Å². The van der Waals surface area contributed by atoms with Gasteiger partial charge < -0.3 is 14.8 Å². The third kappa shape index (κ3) is 2.67. The minimum Gasteiger partial charge on any atom is -0.376 e. The summed E-state index contributed by atoms with van der Waals surface area (Å²) in [6.07, 6.45) is 2.48. The van der Waals surface area contributed by atoms with Gasteiger partial charge in [0.15, 0.2) is 0 Å². The molecule has 0 amide bonds. The van der Waals surface area contributed by atoms with E-state index in [0.29, 0.717) is 6.61 Å². The second-order valence-electron chi connectivity index (χ2n) is 3.38. The van der Waals surface area contributed by atoms with Gasteiger partial charge in [-0.2, -0.15) is 0 Å². The minimum atomic E-state index is 0.206. The molecule has 0 aromatic heterocycles. The van der Waals surface area contributed by atoms with E-state index in [9.17, 15) is 0 Å². The van der Waals surface area contributed by atoms with Crippen LogP contribution in [-0.2, 0) is 9.47 Å². The predicted molar refractivity (Wildman–Crippen MR) is 50.1 cm³/mol. The average molecular weight is 184 g/mol. The molecule has 13 heavy (non-hydrogen) atoms. The molecule has 4 heteroatoms. The number of hydrogen-bond acceptors (Lipinski definition) is 4. The molecule has 2 heterocycles. The second kappa shape index (κ2) is 4.58. The summed E-state index contributed by atoms with van der Waals surface area (Å²) < 4.78 is 10.8. The van der Waals surface area contributed by atoms with Crippen LogP contribution in [0.5, 0.6) is 0 Å². The fourth-order valence-electron chi connectivity index (χ4n) is 1.57. The molecule has 1 unspecified atom stereocenters. The standard InChI is InChI=1S/C9H16N2O2/c1-2-9(10-3-1)11-6-8-7-12-4-5-13-8/h8H,1-7H2,(H,10,11). The van der Waals surface area contributed by atoms with Gasteiger partial charge in [-0.05, 0) is 6.42 Å². The Morgan fingerprint density at radius 1 is 1.46 bits per heavy atom. The highest BCUT2D eigenvalue weighted by Crippen LogP contribution is 2.03. The molecule has 0 aromatic rings. The lowest BCUT2D eigenvalue weighted by Gasteiger charge is -2.23. The highest BCUT2D eigenvalue weighted by molar-refractivity contribution is 5.83. The summed E-state index contributed by atoms with van der Waals surface area (Å²) in [5, 5.41) is 3.30. The number of aliphatic imine (C=N–C) groups is 1. The molecule has 2 rings (SSSR count). The van der Waals surface area contributed by atoms with Crippen molar-refractivity contribution in [3.8, 4) is 0 Å². The number of ether oxygens (including phenoxy) is 2. The molecule has 0 spiro atoms. The Kier molecular flexibility index (Phi) is 3.16. The molecule has 1 fully saturated rings. The second-order valence-corrected chi connectivity index (χ2v) is 3.38. The van der Waals surface area contributed by atoms with Crippen molar-refractivity contribution in [3.63, 3.8) is 0 Å². The van der Waals surface area contributed by atoms with Crippen LogP contribution in [0.3, 0.4) is 0 Å². The summed E-state index contributed by atoms with van der Waals surface area (Å²) in [6.45, 7) is 3.97. The molecule has 0 aromatic carbocycles. The van der Waals surface area contributed by atoms with Crippen LogP contribution in [0.25, 0.3) is 0 Å². The van der Waals surface area contributed by atoms with E-state index in [1.807, 2.05) is 0 Å². The monoisotopic (exact) mass is 184 g/mol. The molecule has 1 N–H and O–H groups in total. The number of amidine groups is 1. The SMILES string of the molecule is C1CN=C(NCC2COCCO2)C1. The minimum absolute atomic E-state index is 0.206. The Bertz CT molecular complexity index is 188. The lowest BCUT2D eigenvalue weighted by Crippen LogP contribution is -2.39. The molecule has 0 radical (unpaired) electrons. The van der Waals surface area contributed by atoms with Crippen molar-refractivity contribution >= 4 is 5.84 Å². The van der Waals surface area contributed by atoms with E-state index in [-0.39, 0.29) is 6.10 Å². The number of hydrogen-bond donors (Lipinski definition) is 1. The van der Waals surface area contributed by atoms with Gasteiger partial charge in [0.1, 0.15) is 0 Å². The van der Waals surface area contributed by atoms with Gasteiger partial charge in [0, 0.05) is 19.5 Å². The lowest BCUT2D eigenvalue weighted by atomic mass is 10.3. The van der Waals surface area contributed by atoms with Crippen molar-refractivity contribution in [2.75, 3.05) is 32.9 Å². The Hall–Kier alpha value is -0.610. The Balaban J connectivity index is 1.66. The first kappa shape index (κ1) is 8.97. The molecule has 2 aliphatic rings. The first-order chi connectivity index (χ1) is 6.45. The van der Waals surface area contributed by atoms with Gasteiger partial charge in [-0.1, -0.05) is 0 Å². The summed E-state index contributed by atoms with van der Waals surface area (Å²) in [5.41, 5.74) is 0. The van der Waals surface area contributed by atoms with Crippen molar-refractivity contribution in [3.05, 3.63) is 0 Å². The fraction of sp³-hybridized carbons (Fsp3) is 0.889. The van der Waals surface area contributed by atoms with E-state index in [1.54, 1.807) is 0 Å². The quantitative estimate of drug-likeness (QED) is 0.666. The van der Waals surface area contributed by atoms with Gasteiger partial charge in [0.2, 0.25) is 0 Å². The molecule has 4 nitrogen and oxygen atoms in total. The number of nitrogens with zero attached hydrogens (tertiary/aromatic N) is 1. The highest BCUT2D eigenvalue weighted by Gasteiger charge is 2.15. The Morgan fingerprint density at radius 2 is 2.46 bits per heavy atom. The molecule has 1 atom stereocenters. The van der Waals surface area contributed by atoms with E-state index in [0.717, 1.165) is 38.6 Å². The van der Waals surface area contributed by atoms with Gasteiger partial charge in [0.25, 0.3) is 0 Å². The third-order valence-corrected chi connectivity index (χ3v) is 2.29. The van der Waals surface area contributed by atoms with E-state index >= 15 is 0 Å². The fourth-order valence-corrected chi connectivity index (χ4v) is 1.57. The van der Waals surface area contributed by atoms with Crippen LogP contribution in [0.4, 0.5) is 0 Å². The van der Waals surface area contributed by atoms with Gasteiger partial charge >= 0.3 is 0 Å². The van der Waals surface area contributed by atoms with Crippen LogP contribution < -0.4 is 5.32 Å². The summed E-state index contributed by atoms with van der Waals surface area (Å²) in [7, 11) is 0. The van der Waals surface area contributed by atoms with Crippen molar-refractivity contribution in [2.45, 2.75) is 18.9 Å². The van der Waals surface area contributed by atoms with Crippen molar-refractivity contribution in [1.82, 2.24) is 5.32 Å². The maximum atomic E-state index is 5.50. The summed E-state index contributed by atoms with van der Waals surface area (Å²) >= 11 is 0.